The van der Waals surface area contributed by atoms with Gasteiger partial charge >= 0.3 is 0 Å². The van der Waals surface area contributed by atoms with Crippen LogP contribution in [-0.4, -0.2) is 65.1 Å². The van der Waals surface area contributed by atoms with E-state index in [9.17, 15) is 13.2 Å². The van der Waals surface area contributed by atoms with Crippen molar-refractivity contribution in [3.05, 3.63) is 53.6 Å². The minimum atomic E-state index is -3.55. The zero-order valence-corrected chi connectivity index (χ0v) is 21.9. The number of nitrogens with zero attached hydrogens (tertiary/aromatic N) is 7. The van der Waals surface area contributed by atoms with Gasteiger partial charge in [0.1, 0.15) is 11.6 Å². The van der Waals surface area contributed by atoms with Gasteiger partial charge in [-0.05, 0) is 50.5 Å². The Morgan fingerprint density at radius 1 is 1.00 bits per heavy atom. The summed E-state index contributed by atoms with van der Waals surface area (Å²) in [6.07, 6.45) is 8.14. The van der Waals surface area contributed by atoms with Crippen molar-refractivity contribution in [3.8, 4) is 11.6 Å². The van der Waals surface area contributed by atoms with Crippen LogP contribution in [0.2, 0.25) is 0 Å². The Morgan fingerprint density at radius 2 is 1.70 bits per heavy atom. The molecule has 0 spiro atoms. The molecule has 1 unspecified atom stereocenters. The van der Waals surface area contributed by atoms with Crippen LogP contribution in [0.25, 0.3) is 11.6 Å². The van der Waals surface area contributed by atoms with Gasteiger partial charge in [0.05, 0.1) is 18.0 Å². The van der Waals surface area contributed by atoms with E-state index < -0.39 is 15.9 Å². The lowest BCUT2D eigenvalue weighted by molar-refractivity contribution is -0.123. The molecule has 1 amide bonds. The molecular weight excluding hydrogens is 492 g/mol. The second-order valence-electron chi connectivity index (χ2n) is 9.65. The van der Waals surface area contributed by atoms with Crippen LogP contribution < -0.4 is 14.5 Å². The molecule has 0 aromatic carbocycles. The minimum absolute atomic E-state index is 0.0436. The van der Waals surface area contributed by atoms with Crippen LogP contribution in [0, 0.1) is 12.8 Å². The summed E-state index contributed by atoms with van der Waals surface area (Å²) in [5.41, 5.74) is 3.17. The van der Waals surface area contributed by atoms with Gasteiger partial charge in [-0.1, -0.05) is 0 Å². The second-order valence-corrected chi connectivity index (χ2v) is 11.4. The van der Waals surface area contributed by atoms with Crippen LogP contribution >= 0.6 is 0 Å². The molecule has 11 nitrogen and oxygen atoms in total. The Labute approximate surface area is 216 Å². The first kappa shape index (κ1) is 25.0. The minimum Gasteiger partial charge on any atom is -0.356 e. The van der Waals surface area contributed by atoms with E-state index in [1.165, 1.54) is 0 Å². The summed E-state index contributed by atoms with van der Waals surface area (Å²) in [6, 6.07) is 5.95. The number of carbonyl (C=O) groups is 1. The highest BCUT2D eigenvalue weighted by Crippen LogP contribution is 2.34. The van der Waals surface area contributed by atoms with Crippen molar-refractivity contribution in [2.24, 2.45) is 5.92 Å². The van der Waals surface area contributed by atoms with Gasteiger partial charge in [-0.15, -0.1) is 0 Å². The number of aryl methyl sites for hydroxylation is 1. The second kappa shape index (κ2) is 10.0. The van der Waals surface area contributed by atoms with Gasteiger partial charge < -0.3 is 9.80 Å². The first-order valence-electron chi connectivity index (χ1n) is 12.3. The Balaban J connectivity index is 1.32. The van der Waals surface area contributed by atoms with Gasteiger partial charge in [-0.2, -0.15) is 0 Å². The number of fused-ring (bicyclic) bond motifs is 1. The molecule has 1 N–H and O–H groups in total. The lowest BCUT2D eigenvalue weighted by Crippen LogP contribution is -2.42. The van der Waals surface area contributed by atoms with Crippen LogP contribution in [0.15, 0.2) is 36.8 Å². The fraction of sp³-hybridized carbons (Fsp3) is 0.440. The predicted molar refractivity (Wildman–Crippen MR) is 139 cm³/mol. The molecular formula is C25H30N8O3S. The predicted octanol–water partition coefficient (Wildman–Crippen LogP) is 2.05. The van der Waals surface area contributed by atoms with E-state index >= 15 is 0 Å². The van der Waals surface area contributed by atoms with E-state index in [4.69, 9.17) is 9.97 Å². The maximum atomic E-state index is 12.3. The molecule has 3 aromatic rings. The molecule has 5 heterocycles. The number of hydrogen-bond acceptors (Lipinski definition) is 10. The van der Waals surface area contributed by atoms with Crippen LogP contribution in [0.4, 0.5) is 11.6 Å². The van der Waals surface area contributed by atoms with E-state index in [1.54, 1.807) is 18.5 Å². The van der Waals surface area contributed by atoms with E-state index in [1.807, 2.05) is 6.20 Å². The zero-order valence-electron chi connectivity index (χ0n) is 21.1. The molecule has 12 heteroatoms. The number of pyridine rings is 1. The number of carbonyl (C=O) groups excluding carboxylic acids is 1. The van der Waals surface area contributed by atoms with E-state index in [2.05, 4.69) is 55.5 Å². The van der Waals surface area contributed by atoms with Crippen LogP contribution in [0.1, 0.15) is 42.6 Å². The van der Waals surface area contributed by atoms with E-state index in [-0.39, 0.29) is 12.0 Å². The molecule has 1 fully saturated rings. The van der Waals surface area contributed by atoms with Gasteiger partial charge in [-0.3, -0.25) is 9.52 Å². The van der Waals surface area contributed by atoms with Crippen molar-refractivity contribution < 1.29 is 13.2 Å². The number of rotatable bonds is 5. The molecule has 5 rings (SSSR count). The van der Waals surface area contributed by atoms with Gasteiger partial charge in [0, 0.05) is 56.1 Å². The maximum Gasteiger partial charge on any atom is 0.236 e. The average Bonchev–Trinajstić information content (AvgIpc) is 2.88. The number of amides is 1. The zero-order chi connectivity index (χ0) is 26.2. The van der Waals surface area contributed by atoms with Crippen LogP contribution in [-0.2, 0) is 21.2 Å². The highest BCUT2D eigenvalue weighted by atomic mass is 32.2. The topological polar surface area (TPSA) is 134 Å². The summed E-state index contributed by atoms with van der Waals surface area (Å²) < 4.78 is 24.9. The third-order valence-electron chi connectivity index (χ3n) is 6.89. The summed E-state index contributed by atoms with van der Waals surface area (Å²) in [4.78, 5) is 39.5. The third-order valence-corrected chi connectivity index (χ3v) is 7.46. The highest BCUT2D eigenvalue weighted by molar-refractivity contribution is 7.89. The Bertz CT molecular complexity index is 1410. The van der Waals surface area contributed by atoms with Crippen LogP contribution in [0.3, 0.4) is 0 Å². The number of sulfonamides is 1. The molecule has 1 atom stereocenters. The third kappa shape index (κ3) is 5.53. The molecule has 0 saturated carbocycles. The fourth-order valence-electron chi connectivity index (χ4n) is 4.98. The maximum absolute atomic E-state index is 12.3. The Hall–Kier alpha value is -3.67. The van der Waals surface area contributed by atoms with Gasteiger partial charge in [0.25, 0.3) is 0 Å². The van der Waals surface area contributed by atoms with Crippen LogP contribution in [0.5, 0.6) is 0 Å². The number of nitrogens with one attached hydrogen (secondary N) is 1. The molecule has 0 radical (unpaired) electrons. The summed E-state index contributed by atoms with van der Waals surface area (Å²) in [7, 11) is -3.55. The van der Waals surface area contributed by atoms with Crippen molar-refractivity contribution >= 4 is 27.6 Å². The summed E-state index contributed by atoms with van der Waals surface area (Å²) in [6.45, 7) is 6.22. The first-order valence-corrected chi connectivity index (χ1v) is 14.2. The monoisotopic (exact) mass is 522 g/mol. The Kier molecular flexibility index (Phi) is 6.76. The van der Waals surface area contributed by atoms with Crippen molar-refractivity contribution in [3.63, 3.8) is 0 Å². The van der Waals surface area contributed by atoms with E-state index in [0.29, 0.717) is 37.6 Å². The lowest BCUT2D eigenvalue weighted by Gasteiger charge is -2.37. The summed E-state index contributed by atoms with van der Waals surface area (Å²) in [5.74, 6) is 2.06. The lowest BCUT2D eigenvalue weighted by atomic mass is 9.96. The van der Waals surface area contributed by atoms with Gasteiger partial charge in [0.15, 0.2) is 11.6 Å². The SMILES string of the molecule is Cc1cc(N2CCC(C(=O)NS(C)(=O)=O)CC2)nc(N2CCc3nc(-c4ncccn4)ncc3C2C)c1. The molecule has 3 aromatic heterocycles. The molecule has 0 aliphatic carbocycles. The number of anilines is 2. The molecule has 194 valence electrons. The summed E-state index contributed by atoms with van der Waals surface area (Å²) >= 11 is 0. The highest BCUT2D eigenvalue weighted by Gasteiger charge is 2.30. The standard InChI is InChI=1S/C25H30N8O3S/c1-16-13-21(32-10-5-18(6-11-32)25(34)31-37(3,35)36)30-22(14-16)33-12-7-20-19(17(33)2)15-28-24(29-20)23-26-8-4-9-27-23/h4,8-9,13-15,17-18H,5-7,10-12H2,1-3H3,(H,31,34). The molecule has 1 saturated heterocycles. The number of aromatic nitrogens is 5. The average molecular weight is 523 g/mol. The van der Waals surface area contributed by atoms with Gasteiger partial charge in [-0.25, -0.2) is 33.3 Å². The van der Waals surface area contributed by atoms with Crippen molar-refractivity contribution in [1.29, 1.82) is 0 Å². The molecule has 0 bridgehead atoms. The normalized spacial score (nSPS) is 18.4. The van der Waals surface area contributed by atoms with Gasteiger partial charge in [0.2, 0.25) is 15.9 Å². The smallest absolute Gasteiger partial charge is 0.236 e. The largest absolute Gasteiger partial charge is 0.356 e. The molecule has 2 aliphatic rings. The number of hydrogen-bond donors (Lipinski definition) is 1. The molecule has 2 aliphatic heterocycles. The Morgan fingerprint density at radius 3 is 2.41 bits per heavy atom. The summed E-state index contributed by atoms with van der Waals surface area (Å²) in [5, 5.41) is 0. The fourth-order valence-corrected chi connectivity index (χ4v) is 5.51. The quantitative estimate of drug-likeness (QED) is 0.530. The van der Waals surface area contributed by atoms with Crippen molar-refractivity contribution in [1.82, 2.24) is 29.6 Å². The van der Waals surface area contributed by atoms with Crippen molar-refractivity contribution in [2.75, 3.05) is 35.7 Å². The first-order chi connectivity index (χ1) is 17.7. The van der Waals surface area contributed by atoms with E-state index in [0.717, 1.165) is 47.7 Å². The molecule has 37 heavy (non-hydrogen) atoms. The number of piperidine rings is 1. The van der Waals surface area contributed by atoms with Crippen molar-refractivity contribution in [2.45, 2.75) is 39.2 Å².